The van der Waals surface area contributed by atoms with Crippen LogP contribution in [0.1, 0.15) is 19.4 Å². The molecule has 0 spiro atoms. The van der Waals surface area contributed by atoms with Crippen molar-refractivity contribution in [1.82, 2.24) is 29.5 Å². The van der Waals surface area contributed by atoms with Gasteiger partial charge in [-0.3, -0.25) is 9.48 Å². The van der Waals surface area contributed by atoms with Crippen LogP contribution < -0.4 is 9.80 Å². The summed E-state index contributed by atoms with van der Waals surface area (Å²) in [5.74, 6) is 0.532. The van der Waals surface area contributed by atoms with Gasteiger partial charge in [-0.2, -0.15) is 10.1 Å². The van der Waals surface area contributed by atoms with Crippen molar-refractivity contribution in [2.45, 2.75) is 38.9 Å². The van der Waals surface area contributed by atoms with E-state index in [1.165, 1.54) is 6.08 Å². The average molecular weight is 591 g/mol. The molecule has 0 radical (unpaired) electrons. The number of aromatic nitrogens is 4. The first-order valence-corrected chi connectivity index (χ1v) is 14.6. The lowest BCUT2D eigenvalue weighted by Gasteiger charge is -2.45. The molecule has 2 aromatic carbocycles. The van der Waals surface area contributed by atoms with Crippen LogP contribution in [0.2, 0.25) is 5.02 Å². The number of carbonyl (C=O) groups excluding carboxylic acids is 1. The number of benzene rings is 2. The quantitative estimate of drug-likeness (QED) is 0.313. The minimum absolute atomic E-state index is 0.0742. The fraction of sp³-hybridized carbons (Fsp3) is 0.419. The molecule has 2 atom stereocenters. The first kappa shape index (κ1) is 28.4. The molecule has 6 rings (SSSR count). The highest BCUT2D eigenvalue weighted by molar-refractivity contribution is 6.35. The third kappa shape index (κ3) is 4.57. The number of anilines is 2. The predicted molar refractivity (Wildman–Crippen MR) is 167 cm³/mol. The molecule has 0 N–H and O–H groups in total. The van der Waals surface area contributed by atoms with Gasteiger partial charge in [0.2, 0.25) is 11.9 Å². The van der Waals surface area contributed by atoms with Crippen LogP contribution in [0, 0.1) is 12.7 Å². The normalized spacial score (nSPS) is 19.7. The molecular formula is C31H36ClFN8O. The zero-order valence-electron chi connectivity index (χ0n) is 24.9. The molecule has 2 fully saturated rings. The maximum atomic E-state index is 16.9. The van der Waals surface area contributed by atoms with Crippen molar-refractivity contribution in [1.29, 1.82) is 0 Å². The second kappa shape index (κ2) is 10.5. The molecule has 2 aromatic heterocycles. The number of amides is 1. The van der Waals surface area contributed by atoms with E-state index < -0.39 is 5.82 Å². The monoisotopic (exact) mass is 590 g/mol. The third-order valence-corrected chi connectivity index (χ3v) is 9.00. The molecule has 4 heterocycles. The largest absolute Gasteiger partial charge is 0.349 e. The Morgan fingerprint density at radius 1 is 1.10 bits per heavy atom. The summed E-state index contributed by atoms with van der Waals surface area (Å²) in [5, 5.41) is 6.19. The van der Waals surface area contributed by atoms with Crippen LogP contribution in [0.15, 0.2) is 37.1 Å². The van der Waals surface area contributed by atoms with E-state index in [1.807, 2.05) is 51.0 Å². The standard InChI is InChI=1S/C31H36ClFN8O/c1-8-25(42)40-12-19(4)41(13-18(40)3)30-21-11-23(32)27(26-17(2)9-10-24-22(26)16-38(7)36-24)28(33)29(21)34-31(35-30)39-14-20(15-39)37(5)6/h8-11,16,18-20H,1,12-15H2,2-7H3/t18-,19+/m1/s1. The maximum Gasteiger partial charge on any atom is 0.246 e. The van der Waals surface area contributed by atoms with E-state index in [4.69, 9.17) is 21.6 Å². The molecule has 1 amide bonds. The van der Waals surface area contributed by atoms with Gasteiger partial charge in [-0.05, 0) is 58.6 Å². The number of nitrogens with zero attached hydrogens (tertiary/aromatic N) is 8. The smallest absolute Gasteiger partial charge is 0.246 e. The number of fused-ring (bicyclic) bond motifs is 2. The van der Waals surface area contributed by atoms with Gasteiger partial charge >= 0.3 is 0 Å². The summed E-state index contributed by atoms with van der Waals surface area (Å²) < 4.78 is 18.6. The average Bonchev–Trinajstić information content (AvgIpc) is 3.29. The van der Waals surface area contributed by atoms with Crippen molar-refractivity contribution in [3.63, 3.8) is 0 Å². The Balaban J connectivity index is 1.55. The minimum Gasteiger partial charge on any atom is -0.349 e. The highest BCUT2D eigenvalue weighted by atomic mass is 35.5. The number of carbonyl (C=O) groups is 1. The van der Waals surface area contributed by atoms with E-state index >= 15 is 4.39 Å². The minimum atomic E-state index is -0.479. The lowest BCUT2D eigenvalue weighted by molar-refractivity contribution is -0.128. The van der Waals surface area contributed by atoms with Gasteiger partial charge in [0.1, 0.15) is 11.3 Å². The lowest BCUT2D eigenvalue weighted by Crippen LogP contribution is -2.59. The Kier molecular flexibility index (Phi) is 7.09. The number of likely N-dealkylation sites (N-methyl/N-ethyl adjacent to an activating group) is 1. The molecule has 0 saturated carbocycles. The van der Waals surface area contributed by atoms with E-state index in [0.717, 1.165) is 29.6 Å². The molecule has 0 aliphatic carbocycles. The van der Waals surface area contributed by atoms with Gasteiger partial charge in [0.25, 0.3) is 0 Å². The topological polar surface area (TPSA) is 73.6 Å². The van der Waals surface area contributed by atoms with Crippen molar-refractivity contribution in [2.75, 3.05) is 50.1 Å². The number of piperazine rings is 1. The lowest BCUT2D eigenvalue weighted by atomic mass is 9.95. The van der Waals surface area contributed by atoms with E-state index in [-0.39, 0.29) is 28.5 Å². The molecule has 42 heavy (non-hydrogen) atoms. The summed E-state index contributed by atoms with van der Waals surface area (Å²) in [6, 6.07) is 5.87. The molecule has 11 heteroatoms. The molecule has 2 aliphatic heterocycles. The van der Waals surface area contributed by atoms with Crippen LogP contribution in [0.5, 0.6) is 0 Å². The van der Waals surface area contributed by atoms with Gasteiger partial charge in [-0.1, -0.05) is 24.2 Å². The second-order valence-corrected chi connectivity index (χ2v) is 12.3. The Morgan fingerprint density at radius 2 is 1.83 bits per heavy atom. The molecule has 220 valence electrons. The Morgan fingerprint density at radius 3 is 2.52 bits per heavy atom. The van der Waals surface area contributed by atoms with Gasteiger partial charge in [-0.15, -0.1) is 0 Å². The van der Waals surface area contributed by atoms with Gasteiger partial charge in [0.15, 0.2) is 5.82 Å². The van der Waals surface area contributed by atoms with Crippen molar-refractivity contribution in [2.24, 2.45) is 7.05 Å². The highest BCUT2D eigenvalue weighted by Gasteiger charge is 2.36. The van der Waals surface area contributed by atoms with E-state index in [1.54, 1.807) is 10.7 Å². The molecule has 0 bridgehead atoms. The predicted octanol–water partition coefficient (Wildman–Crippen LogP) is 4.65. The van der Waals surface area contributed by atoms with Crippen LogP contribution in [0.25, 0.3) is 32.9 Å². The van der Waals surface area contributed by atoms with Crippen LogP contribution in [-0.2, 0) is 11.8 Å². The van der Waals surface area contributed by atoms with Gasteiger partial charge in [0.05, 0.1) is 10.5 Å². The van der Waals surface area contributed by atoms with Crippen LogP contribution >= 0.6 is 11.6 Å². The highest BCUT2D eigenvalue weighted by Crippen LogP contribution is 2.43. The van der Waals surface area contributed by atoms with Crippen molar-refractivity contribution in [3.05, 3.63) is 53.5 Å². The number of aryl methyl sites for hydroxylation is 2. The molecule has 0 unspecified atom stereocenters. The second-order valence-electron chi connectivity index (χ2n) is 11.9. The Bertz CT molecular complexity index is 1730. The maximum absolute atomic E-state index is 16.9. The Hall–Kier alpha value is -3.76. The summed E-state index contributed by atoms with van der Waals surface area (Å²) in [7, 11) is 5.95. The summed E-state index contributed by atoms with van der Waals surface area (Å²) in [6.45, 7) is 12.2. The fourth-order valence-corrected chi connectivity index (χ4v) is 6.49. The van der Waals surface area contributed by atoms with E-state index in [9.17, 15) is 4.79 Å². The van der Waals surface area contributed by atoms with Gasteiger partial charge in [0, 0.05) is 79.4 Å². The molecule has 9 nitrogen and oxygen atoms in total. The number of rotatable bonds is 5. The number of halogens is 2. The van der Waals surface area contributed by atoms with Crippen LogP contribution in [0.3, 0.4) is 0 Å². The first-order valence-electron chi connectivity index (χ1n) is 14.2. The number of hydrogen-bond acceptors (Lipinski definition) is 7. The van der Waals surface area contributed by atoms with Crippen LogP contribution in [0.4, 0.5) is 16.2 Å². The van der Waals surface area contributed by atoms with Gasteiger partial charge in [-0.25, -0.2) is 9.37 Å². The summed E-state index contributed by atoms with van der Waals surface area (Å²) in [4.78, 5) is 30.6. The molecule has 2 aliphatic rings. The van der Waals surface area contributed by atoms with Crippen molar-refractivity contribution >= 4 is 51.1 Å². The summed E-state index contributed by atoms with van der Waals surface area (Å²) in [5.41, 5.74) is 2.91. The third-order valence-electron chi connectivity index (χ3n) is 8.70. The van der Waals surface area contributed by atoms with Crippen molar-refractivity contribution < 1.29 is 9.18 Å². The van der Waals surface area contributed by atoms with Gasteiger partial charge < -0.3 is 19.6 Å². The Labute approximate surface area is 250 Å². The van der Waals surface area contributed by atoms with E-state index in [2.05, 4.69) is 40.5 Å². The van der Waals surface area contributed by atoms with Crippen LogP contribution in [-0.4, -0.2) is 93.9 Å². The zero-order chi connectivity index (χ0) is 30.0. The molecule has 4 aromatic rings. The molecule has 2 saturated heterocycles. The van der Waals surface area contributed by atoms with E-state index in [0.29, 0.717) is 47.4 Å². The fourth-order valence-electron chi connectivity index (χ4n) is 6.20. The first-order chi connectivity index (χ1) is 20.0. The summed E-state index contributed by atoms with van der Waals surface area (Å²) in [6.07, 6.45) is 3.24. The zero-order valence-corrected chi connectivity index (χ0v) is 25.7. The number of hydrogen-bond donors (Lipinski definition) is 0. The summed E-state index contributed by atoms with van der Waals surface area (Å²) >= 11 is 6.96. The SMILES string of the molecule is C=CC(=O)N1C[C@H](C)N(c2nc(N3CC(N(C)C)C3)nc3c(F)c(-c4c(C)ccc5nn(C)cc45)c(Cl)cc23)C[C@H]1C. The van der Waals surface area contributed by atoms with Crippen molar-refractivity contribution in [3.8, 4) is 11.1 Å². The molecular weight excluding hydrogens is 555 g/mol.